The van der Waals surface area contributed by atoms with Crippen molar-refractivity contribution in [2.75, 3.05) is 7.05 Å². The lowest BCUT2D eigenvalue weighted by molar-refractivity contribution is 0.0285. The lowest BCUT2D eigenvalue weighted by Gasteiger charge is -2.24. The van der Waals surface area contributed by atoms with Crippen molar-refractivity contribution in [3.8, 4) is 0 Å². The number of hydrogen-bond acceptors (Lipinski definition) is 3. The van der Waals surface area contributed by atoms with Crippen molar-refractivity contribution in [1.29, 1.82) is 0 Å². The highest BCUT2D eigenvalue weighted by atomic mass is 16.6. The van der Waals surface area contributed by atoms with Crippen molar-refractivity contribution in [2.24, 2.45) is 0 Å². The number of carbonyl (C=O) groups excluding carboxylic acids is 1. The Bertz CT molecular complexity index is 392. The molecule has 0 aliphatic carbocycles. The van der Waals surface area contributed by atoms with Crippen LogP contribution in [0.4, 0.5) is 4.79 Å². The van der Waals surface area contributed by atoms with Crippen molar-refractivity contribution in [3.05, 3.63) is 35.4 Å². The fraction of sp³-hybridized carbons (Fsp3) is 0.500. The van der Waals surface area contributed by atoms with E-state index >= 15 is 0 Å². The molecule has 0 spiro atoms. The van der Waals surface area contributed by atoms with E-state index in [0.29, 0.717) is 6.54 Å². The van der Waals surface area contributed by atoms with E-state index < -0.39 is 5.60 Å². The number of amides is 1. The average Bonchev–Trinajstić information content (AvgIpc) is 2.27. The summed E-state index contributed by atoms with van der Waals surface area (Å²) in [5.74, 6) is 0. The molecule has 0 unspecified atom stereocenters. The monoisotopic (exact) mass is 251 g/mol. The molecule has 0 saturated heterocycles. The number of hydrogen-bond donors (Lipinski definition) is 1. The first-order chi connectivity index (χ1) is 8.31. The molecule has 0 aliphatic heterocycles. The van der Waals surface area contributed by atoms with Crippen LogP contribution in [0.15, 0.2) is 24.3 Å². The topological polar surface area (TPSA) is 49.8 Å². The number of aliphatic hydroxyl groups is 1. The minimum Gasteiger partial charge on any atom is -0.444 e. The molecular formula is C14H21NO3. The van der Waals surface area contributed by atoms with Crippen LogP contribution in [0.5, 0.6) is 0 Å². The van der Waals surface area contributed by atoms with E-state index in [0.717, 1.165) is 11.1 Å². The first-order valence-corrected chi connectivity index (χ1v) is 5.94. The SMILES string of the molecule is CN(Cc1ccc(CO)cc1)C(=O)OC(C)(C)C. The van der Waals surface area contributed by atoms with Gasteiger partial charge in [-0.05, 0) is 31.9 Å². The standard InChI is InChI=1S/C14H21NO3/c1-14(2,3)18-13(17)15(4)9-11-5-7-12(10-16)8-6-11/h5-8,16H,9-10H2,1-4H3. The molecule has 1 amide bonds. The third-order valence-corrected chi connectivity index (χ3v) is 2.33. The Morgan fingerprint density at radius 1 is 1.22 bits per heavy atom. The van der Waals surface area contributed by atoms with Gasteiger partial charge in [0.15, 0.2) is 0 Å². The molecule has 100 valence electrons. The molecule has 1 aromatic carbocycles. The van der Waals surface area contributed by atoms with Gasteiger partial charge < -0.3 is 14.7 Å². The number of carbonyl (C=O) groups is 1. The summed E-state index contributed by atoms with van der Waals surface area (Å²) in [5, 5.41) is 8.94. The van der Waals surface area contributed by atoms with Crippen molar-refractivity contribution in [2.45, 2.75) is 39.5 Å². The minimum absolute atomic E-state index is 0.0299. The number of benzene rings is 1. The zero-order valence-electron chi connectivity index (χ0n) is 11.4. The Balaban J connectivity index is 2.58. The summed E-state index contributed by atoms with van der Waals surface area (Å²) < 4.78 is 5.26. The maximum Gasteiger partial charge on any atom is 0.410 e. The van der Waals surface area contributed by atoms with E-state index in [9.17, 15) is 4.79 Å². The summed E-state index contributed by atoms with van der Waals surface area (Å²) in [5.41, 5.74) is 1.38. The molecule has 4 heteroatoms. The van der Waals surface area contributed by atoms with Gasteiger partial charge in [-0.15, -0.1) is 0 Å². The molecule has 0 bridgehead atoms. The average molecular weight is 251 g/mol. The number of ether oxygens (including phenoxy) is 1. The second-order valence-electron chi connectivity index (χ2n) is 5.31. The van der Waals surface area contributed by atoms with Crippen LogP contribution in [0.1, 0.15) is 31.9 Å². The molecule has 1 N–H and O–H groups in total. The van der Waals surface area contributed by atoms with Crippen molar-refractivity contribution < 1.29 is 14.6 Å². The molecular weight excluding hydrogens is 230 g/mol. The maximum atomic E-state index is 11.7. The van der Waals surface area contributed by atoms with Crippen LogP contribution in [0.3, 0.4) is 0 Å². The smallest absolute Gasteiger partial charge is 0.410 e. The summed E-state index contributed by atoms with van der Waals surface area (Å²) in [6.45, 7) is 6.04. The van der Waals surface area contributed by atoms with Crippen LogP contribution >= 0.6 is 0 Å². The quantitative estimate of drug-likeness (QED) is 0.898. The molecule has 0 saturated carbocycles. The van der Waals surface area contributed by atoms with Gasteiger partial charge in [0, 0.05) is 13.6 Å². The Kier molecular flexibility index (Phi) is 4.73. The Labute approximate surface area is 108 Å². The molecule has 4 nitrogen and oxygen atoms in total. The van der Waals surface area contributed by atoms with Gasteiger partial charge in [-0.1, -0.05) is 24.3 Å². The highest BCUT2D eigenvalue weighted by molar-refractivity contribution is 5.67. The predicted octanol–water partition coefficient (Wildman–Crippen LogP) is 2.55. The molecule has 0 radical (unpaired) electrons. The van der Waals surface area contributed by atoms with E-state index in [2.05, 4.69) is 0 Å². The van der Waals surface area contributed by atoms with Crippen LogP contribution in [-0.2, 0) is 17.9 Å². The Morgan fingerprint density at radius 3 is 2.17 bits per heavy atom. The van der Waals surface area contributed by atoms with Crippen LogP contribution in [0.2, 0.25) is 0 Å². The molecule has 1 rings (SSSR count). The van der Waals surface area contributed by atoms with Crippen LogP contribution < -0.4 is 0 Å². The predicted molar refractivity (Wildman–Crippen MR) is 70.1 cm³/mol. The van der Waals surface area contributed by atoms with Crippen LogP contribution in [-0.4, -0.2) is 28.7 Å². The van der Waals surface area contributed by atoms with Crippen LogP contribution in [0, 0.1) is 0 Å². The van der Waals surface area contributed by atoms with Gasteiger partial charge in [-0.3, -0.25) is 0 Å². The third-order valence-electron chi connectivity index (χ3n) is 2.33. The van der Waals surface area contributed by atoms with Gasteiger partial charge in [0.1, 0.15) is 5.60 Å². The fourth-order valence-electron chi connectivity index (χ4n) is 1.43. The lowest BCUT2D eigenvalue weighted by Crippen LogP contribution is -2.33. The zero-order valence-corrected chi connectivity index (χ0v) is 11.4. The molecule has 1 aromatic rings. The zero-order chi connectivity index (χ0) is 13.8. The first-order valence-electron chi connectivity index (χ1n) is 5.94. The minimum atomic E-state index is -0.480. The number of nitrogens with zero attached hydrogens (tertiary/aromatic N) is 1. The lowest BCUT2D eigenvalue weighted by atomic mass is 10.1. The van der Waals surface area contributed by atoms with E-state index in [-0.39, 0.29) is 12.7 Å². The van der Waals surface area contributed by atoms with E-state index in [1.807, 2.05) is 45.0 Å². The van der Waals surface area contributed by atoms with Gasteiger partial charge >= 0.3 is 6.09 Å². The highest BCUT2D eigenvalue weighted by Gasteiger charge is 2.19. The maximum absolute atomic E-state index is 11.7. The van der Waals surface area contributed by atoms with E-state index in [4.69, 9.17) is 9.84 Å². The van der Waals surface area contributed by atoms with Gasteiger partial charge in [0.05, 0.1) is 6.61 Å². The first kappa shape index (κ1) is 14.5. The summed E-state index contributed by atoms with van der Waals surface area (Å²) >= 11 is 0. The molecule has 0 heterocycles. The van der Waals surface area contributed by atoms with Gasteiger partial charge in [0.2, 0.25) is 0 Å². The summed E-state index contributed by atoms with van der Waals surface area (Å²) in [6, 6.07) is 7.48. The third kappa shape index (κ3) is 4.75. The van der Waals surface area contributed by atoms with Gasteiger partial charge in [-0.25, -0.2) is 4.79 Å². The van der Waals surface area contributed by atoms with E-state index in [1.54, 1.807) is 7.05 Å². The molecule has 0 fully saturated rings. The number of aliphatic hydroxyl groups excluding tert-OH is 1. The molecule has 0 atom stereocenters. The Morgan fingerprint density at radius 2 is 1.72 bits per heavy atom. The Hall–Kier alpha value is -1.55. The van der Waals surface area contributed by atoms with Crippen molar-refractivity contribution in [1.82, 2.24) is 4.90 Å². The summed E-state index contributed by atoms with van der Waals surface area (Å²) in [4.78, 5) is 13.3. The second kappa shape index (κ2) is 5.87. The van der Waals surface area contributed by atoms with E-state index in [1.165, 1.54) is 4.90 Å². The largest absolute Gasteiger partial charge is 0.444 e. The molecule has 0 aliphatic rings. The number of rotatable bonds is 3. The summed E-state index contributed by atoms with van der Waals surface area (Å²) in [6.07, 6.45) is -0.339. The van der Waals surface area contributed by atoms with Crippen molar-refractivity contribution in [3.63, 3.8) is 0 Å². The van der Waals surface area contributed by atoms with Gasteiger partial charge in [0.25, 0.3) is 0 Å². The van der Waals surface area contributed by atoms with Crippen molar-refractivity contribution >= 4 is 6.09 Å². The molecule has 18 heavy (non-hydrogen) atoms. The molecule has 0 aromatic heterocycles. The normalized spacial score (nSPS) is 11.2. The fourth-order valence-corrected chi connectivity index (χ4v) is 1.43. The highest BCUT2D eigenvalue weighted by Crippen LogP contribution is 2.12. The summed E-state index contributed by atoms with van der Waals surface area (Å²) in [7, 11) is 1.70. The van der Waals surface area contributed by atoms with Gasteiger partial charge in [-0.2, -0.15) is 0 Å². The van der Waals surface area contributed by atoms with Crippen LogP contribution in [0.25, 0.3) is 0 Å². The second-order valence-corrected chi connectivity index (χ2v) is 5.31.